The van der Waals surface area contributed by atoms with E-state index in [1.807, 2.05) is 62.4 Å². The molecule has 6 nitrogen and oxygen atoms in total. The van der Waals surface area contributed by atoms with Gasteiger partial charge in [0, 0.05) is 17.7 Å². The molecule has 0 aliphatic carbocycles. The van der Waals surface area contributed by atoms with Gasteiger partial charge >= 0.3 is 0 Å². The van der Waals surface area contributed by atoms with Crippen LogP contribution in [0.15, 0.2) is 60.2 Å². The molecule has 0 fully saturated rings. The number of unbranched alkanes of at least 4 members (excludes halogenated alkanes) is 4. The summed E-state index contributed by atoms with van der Waals surface area (Å²) in [6, 6.07) is 17.9. The summed E-state index contributed by atoms with van der Waals surface area (Å²) >= 11 is 0. The number of hydrogen-bond acceptors (Lipinski definition) is 5. The molecule has 1 amide bonds. The number of benzene rings is 2. The molecule has 0 radical (unpaired) electrons. The molecule has 2 aromatic carbocycles. The number of fused-ring (bicyclic) bond motifs is 1. The summed E-state index contributed by atoms with van der Waals surface area (Å²) in [5.74, 6) is 0.243. The van der Waals surface area contributed by atoms with Gasteiger partial charge in [0.2, 0.25) is 0 Å². The third-order valence-corrected chi connectivity index (χ3v) is 7.83. The molecule has 1 aromatic heterocycles. The maximum atomic E-state index is 13.0. The molecule has 1 N–H and O–H groups in total. The molecule has 0 spiro atoms. The van der Waals surface area contributed by atoms with Gasteiger partial charge in [-0.1, -0.05) is 83.2 Å². The number of hydrogen-bond donors (Lipinski definition) is 1. The van der Waals surface area contributed by atoms with Crippen LogP contribution in [-0.4, -0.2) is 31.2 Å². The van der Waals surface area contributed by atoms with Crippen molar-refractivity contribution in [3.8, 4) is 23.1 Å². The molecular formula is C39H49N3O3. The van der Waals surface area contributed by atoms with Gasteiger partial charge in [0.15, 0.2) is 0 Å². The first-order valence-corrected chi connectivity index (χ1v) is 16.3. The first-order valence-electron chi connectivity index (χ1n) is 16.3. The highest BCUT2D eigenvalue weighted by molar-refractivity contribution is 5.94. The second kappa shape index (κ2) is 18.6. The van der Waals surface area contributed by atoms with Crippen LogP contribution in [0.5, 0.6) is 5.75 Å². The predicted molar refractivity (Wildman–Crippen MR) is 184 cm³/mol. The molecular weight excluding hydrogens is 558 g/mol. The summed E-state index contributed by atoms with van der Waals surface area (Å²) in [6.07, 6.45) is 14.0. The fraction of sp³-hybridized carbons (Fsp3) is 0.410. The topological polar surface area (TPSA) is 84.2 Å². The highest BCUT2D eigenvalue weighted by Crippen LogP contribution is 2.29. The molecule has 4 rings (SSSR count). The van der Waals surface area contributed by atoms with Crippen LogP contribution >= 0.6 is 0 Å². The van der Waals surface area contributed by atoms with E-state index in [1.165, 1.54) is 32.1 Å². The molecule has 1 unspecified atom stereocenters. The van der Waals surface area contributed by atoms with Gasteiger partial charge in [0.05, 0.1) is 43.4 Å². The quantitative estimate of drug-likeness (QED) is 0.228. The minimum absolute atomic E-state index is 0.181. The smallest absolute Gasteiger partial charge is 0.251 e. The number of nitrogens with one attached hydrogen (secondary N) is 1. The van der Waals surface area contributed by atoms with Gasteiger partial charge in [-0.25, -0.2) is 4.98 Å². The summed E-state index contributed by atoms with van der Waals surface area (Å²) in [6.45, 7) is 11.8. The zero-order valence-corrected chi connectivity index (χ0v) is 27.9. The van der Waals surface area contributed by atoms with Crippen molar-refractivity contribution < 1.29 is 14.3 Å². The van der Waals surface area contributed by atoms with E-state index in [-0.39, 0.29) is 11.8 Å². The predicted octanol–water partition coefficient (Wildman–Crippen LogP) is 7.53. The molecule has 3 aromatic rings. The lowest BCUT2D eigenvalue weighted by Crippen LogP contribution is -2.30. The van der Waals surface area contributed by atoms with Crippen LogP contribution in [0.25, 0.3) is 23.4 Å². The van der Waals surface area contributed by atoms with Gasteiger partial charge in [0.25, 0.3) is 5.91 Å². The van der Waals surface area contributed by atoms with Crippen LogP contribution in [-0.2, 0) is 11.3 Å². The van der Waals surface area contributed by atoms with Crippen LogP contribution in [0.2, 0.25) is 0 Å². The van der Waals surface area contributed by atoms with Gasteiger partial charge in [0.1, 0.15) is 5.75 Å². The zero-order valence-electron chi connectivity index (χ0n) is 27.9. The largest absolute Gasteiger partial charge is 0.496 e. The Morgan fingerprint density at radius 3 is 2.53 bits per heavy atom. The molecule has 0 saturated carbocycles. The molecule has 6 heteroatoms. The third-order valence-electron chi connectivity index (χ3n) is 7.83. The summed E-state index contributed by atoms with van der Waals surface area (Å²) in [7, 11) is 1.67. The first kappa shape index (κ1) is 35.3. The van der Waals surface area contributed by atoms with Crippen molar-refractivity contribution in [3.63, 3.8) is 0 Å². The second-order valence-corrected chi connectivity index (χ2v) is 11.3. The van der Waals surface area contributed by atoms with E-state index in [0.717, 1.165) is 56.3 Å². The van der Waals surface area contributed by atoms with Gasteiger partial charge in [-0.15, -0.1) is 0 Å². The minimum atomic E-state index is -0.357. The van der Waals surface area contributed by atoms with Gasteiger partial charge in [-0.3, -0.25) is 4.79 Å². The van der Waals surface area contributed by atoms with E-state index in [0.29, 0.717) is 25.3 Å². The van der Waals surface area contributed by atoms with Crippen molar-refractivity contribution in [1.82, 2.24) is 10.3 Å². The maximum Gasteiger partial charge on any atom is 0.251 e. The Balaban J connectivity index is 0.000000707. The van der Waals surface area contributed by atoms with Crippen LogP contribution in [0.4, 0.5) is 0 Å². The lowest BCUT2D eigenvalue weighted by molar-refractivity contribution is 0.0952. The molecule has 1 aliphatic heterocycles. The van der Waals surface area contributed by atoms with Crippen molar-refractivity contribution in [1.29, 1.82) is 5.26 Å². The van der Waals surface area contributed by atoms with Crippen molar-refractivity contribution in [3.05, 3.63) is 93.0 Å². The summed E-state index contributed by atoms with van der Waals surface area (Å²) in [5, 5.41) is 14.3. The van der Waals surface area contributed by atoms with Gasteiger partial charge < -0.3 is 14.8 Å². The van der Waals surface area contributed by atoms with Crippen molar-refractivity contribution >= 4 is 18.1 Å². The number of ether oxygens (including phenoxy) is 2. The summed E-state index contributed by atoms with van der Waals surface area (Å²) in [4.78, 5) is 18.0. The number of aryl methyl sites for hydroxylation is 1. The minimum Gasteiger partial charge on any atom is -0.496 e. The van der Waals surface area contributed by atoms with E-state index in [4.69, 9.17) is 14.5 Å². The van der Waals surface area contributed by atoms with E-state index < -0.39 is 0 Å². The van der Waals surface area contributed by atoms with E-state index in [1.54, 1.807) is 13.2 Å². The Morgan fingerprint density at radius 1 is 1.09 bits per heavy atom. The number of carbonyl (C=O) groups excluding carboxylic acids is 1. The average molecular weight is 608 g/mol. The number of methoxy groups -OCH3 is 1. The first-order chi connectivity index (χ1) is 21.9. The Labute approximate surface area is 269 Å². The number of aromatic nitrogens is 1. The highest BCUT2D eigenvalue weighted by atomic mass is 16.5. The lowest BCUT2D eigenvalue weighted by atomic mass is 9.92. The van der Waals surface area contributed by atoms with Crippen LogP contribution in [0, 0.1) is 18.3 Å². The van der Waals surface area contributed by atoms with Gasteiger partial charge in [-0.05, 0) is 84.2 Å². The number of rotatable bonds is 11. The maximum absolute atomic E-state index is 13.0. The van der Waals surface area contributed by atoms with Crippen molar-refractivity contribution in [2.75, 3.05) is 20.3 Å². The molecule has 238 valence electrons. The van der Waals surface area contributed by atoms with Crippen LogP contribution in [0.1, 0.15) is 99.2 Å². The molecule has 0 saturated heterocycles. The van der Waals surface area contributed by atoms with Crippen LogP contribution < -0.4 is 20.6 Å². The number of carbonyl (C=O) groups is 1. The SMILES string of the molecule is C/C=c1/ccc(-c2ccc(C)cc2OC)n/c1=C/C(=C/CC)CNC(=O)c1ccc2c(c1)C(C#N)COC2.CCCCCCC. The molecule has 1 atom stereocenters. The normalized spacial score (nSPS) is 15.0. The standard InChI is InChI=1S/C32H33N3O3.C7H16/c1-5-7-22(18-34-32(36)24-9-10-25-19-38-20-26(17-33)28(25)16-24)15-30-23(6-2)11-13-29(35-30)27-12-8-21(3)14-31(27)37-4;1-3-5-7-6-4-2/h6-16,26H,5,18-20H2,1-4H3,(H,34,36);3-7H2,1-2H3/b22-7-,23-6-,30-15+;. The molecule has 2 heterocycles. The summed E-state index contributed by atoms with van der Waals surface area (Å²) < 4.78 is 11.1. The Bertz CT molecular complexity index is 1610. The third kappa shape index (κ3) is 10.2. The number of allylic oxidation sites excluding steroid dienone is 1. The Morgan fingerprint density at radius 2 is 1.87 bits per heavy atom. The molecule has 0 bridgehead atoms. The lowest BCUT2D eigenvalue weighted by Gasteiger charge is -2.21. The summed E-state index contributed by atoms with van der Waals surface area (Å²) in [5.41, 5.74) is 6.20. The van der Waals surface area contributed by atoms with E-state index in [2.05, 4.69) is 44.3 Å². The Kier molecular flexibility index (Phi) is 14.6. The number of nitrogens with zero attached hydrogens (tertiary/aromatic N) is 2. The van der Waals surface area contributed by atoms with Crippen LogP contribution in [0.3, 0.4) is 0 Å². The molecule has 45 heavy (non-hydrogen) atoms. The number of nitriles is 1. The average Bonchev–Trinajstić information content (AvgIpc) is 3.07. The fourth-order valence-corrected chi connectivity index (χ4v) is 5.26. The number of pyridine rings is 1. The second-order valence-electron chi connectivity index (χ2n) is 11.3. The number of amides is 1. The molecule has 1 aliphatic rings. The Hall–Kier alpha value is -4.21. The monoisotopic (exact) mass is 607 g/mol. The van der Waals surface area contributed by atoms with E-state index >= 15 is 0 Å². The van der Waals surface area contributed by atoms with Gasteiger partial charge in [-0.2, -0.15) is 5.26 Å². The highest BCUT2D eigenvalue weighted by Gasteiger charge is 2.22. The van der Waals surface area contributed by atoms with Crippen molar-refractivity contribution in [2.45, 2.75) is 85.7 Å². The zero-order chi connectivity index (χ0) is 32.6. The fourth-order valence-electron chi connectivity index (χ4n) is 5.26. The van der Waals surface area contributed by atoms with E-state index in [9.17, 15) is 10.1 Å². The van der Waals surface area contributed by atoms with Crippen molar-refractivity contribution in [2.24, 2.45) is 0 Å².